The predicted octanol–water partition coefficient (Wildman–Crippen LogP) is 4.26. The van der Waals surface area contributed by atoms with Gasteiger partial charge in [-0.25, -0.2) is 4.98 Å². The molecule has 0 atom stereocenters. The average molecular weight is 314 g/mol. The van der Waals surface area contributed by atoms with Crippen molar-refractivity contribution in [2.45, 2.75) is 23.6 Å². The second kappa shape index (κ2) is 5.71. The van der Waals surface area contributed by atoms with Gasteiger partial charge in [0.2, 0.25) is 0 Å². The first-order chi connectivity index (χ1) is 9.22. The molecule has 6 heteroatoms. The number of hydrogen-bond donors (Lipinski definition) is 0. The summed E-state index contributed by atoms with van der Waals surface area (Å²) in [4.78, 5) is 4.44. The van der Waals surface area contributed by atoms with Crippen molar-refractivity contribution in [3.8, 4) is 5.75 Å². The topological polar surface area (TPSA) is 31.4 Å². The second-order valence-corrected chi connectivity index (χ2v) is 6.72. The zero-order chi connectivity index (χ0) is 13.2. The van der Waals surface area contributed by atoms with Gasteiger partial charge in [-0.1, -0.05) is 23.4 Å². The molecular weight excluding hydrogens is 302 g/mol. The lowest BCUT2D eigenvalue weighted by atomic mass is 10.1. The van der Waals surface area contributed by atoms with Crippen molar-refractivity contribution in [3.05, 3.63) is 39.4 Å². The molecule has 0 N–H and O–H groups in total. The van der Waals surface area contributed by atoms with Gasteiger partial charge in [-0.15, -0.1) is 11.3 Å². The molecule has 0 aliphatic carbocycles. The number of halogens is 1. The Morgan fingerprint density at radius 2 is 2.37 bits per heavy atom. The predicted molar refractivity (Wildman–Crippen MR) is 78.1 cm³/mol. The van der Waals surface area contributed by atoms with Gasteiger partial charge in [0.05, 0.1) is 6.61 Å². The number of nitrogens with zero attached hydrogens (tertiary/aromatic N) is 1. The molecule has 19 heavy (non-hydrogen) atoms. The van der Waals surface area contributed by atoms with Gasteiger partial charge in [0, 0.05) is 33.0 Å². The number of benzene rings is 1. The lowest BCUT2D eigenvalue weighted by Gasteiger charge is -2.20. The standard InChI is InChI=1S/C13H12ClNO2S2/c1-8-5-18-13(15-8)19-6-10-3-11(14)2-9-4-16-7-17-12(9)10/h2-3,5H,4,6-7H2,1H3. The van der Waals surface area contributed by atoms with E-state index in [9.17, 15) is 0 Å². The van der Waals surface area contributed by atoms with E-state index < -0.39 is 0 Å². The number of aryl methyl sites for hydroxylation is 1. The minimum atomic E-state index is 0.308. The molecule has 100 valence electrons. The molecule has 1 aliphatic heterocycles. The molecule has 1 aliphatic rings. The highest BCUT2D eigenvalue weighted by Gasteiger charge is 2.16. The first-order valence-corrected chi connectivity index (χ1v) is 8.03. The van der Waals surface area contributed by atoms with Crippen LogP contribution in [0.1, 0.15) is 16.8 Å². The summed E-state index contributed by atoms with van der Waals surface area (Å²) >= 11 is 9.50. The maximum Gasteiger partial charge on any atom is 0.189 e. The Kier molecular flexibility index (Phi) is 3.98. The van der Waals surface area contributed by atoms with E-state index in [0.717, 1.165) is 37.7 Å². The van der Waals surface area contributed by atoms with Crippen LogP contribution in [0.15, 0.2) is 21.9 Å². The molecular formula is C13H12ClNO2S2. The number of hydrogen-bond acceptors (Lipinski definition) is 5. The lowest BCUT2D eigenvalue weighted by Crippen LogP contribution is -2.12. The number of thiazole rings is 1. The highest BCUT2D eigenvalue weighted by atomic mass is 35.5. The van der Waals surface area contributed by atoms with Gasteiger partial charge in [-0.05, 0) is 19.1 Å². The minimum Gasteiger partial charge on any atom is -0.467 e. The van der Waals surface area contributed by atoms with E-state index in [-0.39, 0.29) is 0 Å². The Balaban J connectivity index is 1.82. The summed E-state index contributed by atoms with van der Waals surface area (Å²) in [5.41, 5.74) is 3.18. The second-order valence-electron chi connectivity index (χ2n) is 4.21. The Morgan fingerprint density at radius 1 is 1.47 bits per heavy atom. The average Bonchev–Trinajstić information content (AvgIpc) is 2.81. The Labute approximate surface area is 124 Å². The van der Waals surface area contributed by atoms with Crippen LogP contribution in [-0.2, 0) is 17.1 Å². The van der Waals surface area contributed by atoms with E-state index in [1.165, 1.54) is 0 Å². The molecule has 3 nitrogen and oxygen atoms in total. The van der Waals surface area contributed by atoms with Crippen molar-refractivity contribution < 1.29 is 9.47 Å². The number of ether oxygens (including phenoxy) is 2. The normalized spacial score (nSPS) is 14.0. The molecule has 3 rings (SSSR count). The SMILES string of the molecule is Cc1csc(SCc2cc(Cl)cc3c2OCOC3)n1. The van der Waals surface area contributed by atoms with Crippen LogP contribution < -0.4 is 4.74 Å². The summed E-state index contributed by atoms with van der Waals surface area (Å²) in [7, 11) is 0. The van der Waals surface area contributed by atoms with Crippen LogP contribution in [0.3, 0.4) is 0 Å². The first-order valence-electron chi connectivity index (χ1n) is 5.79. The third-order valence-electron chi connectivity index (χ3n) is 2.70. The third-order valence-corrected chi connectivity index (χ3v) is 5.11. The maximum absolute atomic E-state index is 6.13. The molecule has 0 unspecified atom stereocenters. The Bertz CT molecular complexity index is 600. The maximum atomic E-state index is 6.13. The van der Waals surface area contributed by atoms with E-state index in [4.69, 9.17) is 21.1 Å². The van der Waals surface area contributed by atoms with Crippen molar-refractivity contribution in [2.24, 2.45) is 0 Å². The number of fused-ring (bicyclic) bond motifs is 1. The molecule has 1 aromatic carbocycles. The van der Waals surface area contributed by atoms with Crippen LogP contribution in [0.2, 0.25) is 5.02 Å². The van der Waals surface area contributed by atoms with Gasteiger partial charge < -0.3 is 9.47 Å². The van der Waals surface area contributed by atoms with Crippen LogP contribution in [0, 0.1) is 6.92 Å². The highest BCUT2D eigenvalue weighted by molar-refractivity contribution is 8.00. The smallest absolute Gasteiger partial charge is 0.189 e. The van der Waals surface area contributed by atoms with E-state index in [2.05, 4.69) is 10.4 Å². The fraction of sp³-hybridized carbons (Fsp3) is 0.308. The van der Waals surface area contributed by atoms with Gasteiger partial charge >= 0.3 is 0 Å². The summed E-state index contributed by atoms with van der Waals surface area (Å²) in [5.74, 6) is 1.71. The molecule has 0 saturated carbocycles. The van der Waals surface area contributed by atoms with E-state index in [1.54, 1.807) is 23.1 Å². The van der Waals surface area contributed by atoms with Crippen LogP contribution in [0.25, 0.3) is 0 Å². The van der Waals surface area contributed by atoms with Crippen molar-refractivity contribution >= 4 is 34.7 Å². The van der Waals surface area contributed by atoms with Gasteiger partial charge in [-0.2, -0.15) is 0 Å². The zero-order valence-corrected chi connectivity index (χ0v) is 12.7. The molecule has 2 aromatic rings. The fourth-order valence-electron chi connectivity index (χ4n) is 1.90. The van der Waals surface area contributed by atoms with Gasteiger partial charge in [0.25, 0.3) is 0 Å². The summed E-state index contributed by atoms with van der Waals surface area (Å²) in [5, 5.41) is 2.78. The number of rotatable bonds is 3. The van der Waals surface area contributed by atoms with Gasteiger partial charge in [-0.3, -0.25) is 0 Å². The summed E-state index contributed by atoms with van der Waals surface area (Å²) in [6.45, 7) is 2.87. The minimum absolute atomic E-state index is 0.308. The molecule has 0 spiro atoms. The Morgan fingerprint density at radius 3 is 3.16 bits per heavy atom. The van der Waals surface area contributed by atoms with Crippen LogP contribution >= 0.6 is 34.7 Å². The van der Waals surface area contributed by atoms with Crippen molar-refractivity contribution in [3.63, 3.8) is 0 Å². The molecule has 0 radical (unpaired) electrons. The molecule has 0 saturated heterocycles. The quantitative estimate of drug-likeness (QED) is 0.792. The highest BCUT2D eigenvalue weighted by Crippen LogP contribution is 2.36. The molecule has 1 aromatic heterocycles. The van der Waals surface area contributed by atoms with Gasteiger partial charge in [0.15, 0.2) is 6.79 Å². The van der Waals surface area contributed by atoms with E-state index in [0.29, 0.717) is 13.4 Å². The summed E-state index contributed by atoms with van der Waals surface area (Å²) in [6, 6.07) is 3.86. The van der Waals surface area contributed by atoms with Crippen LogP contribution in [0.4, 0.5) is 0 Å². The summed E-state index contributed by atoms with van der Waals surface area (Å²) in [6.07, 6.45) is 0. The molecule has 0 bridgehead atoms. The first kappa shape index (κ1) is 13.2. The molecule has 0 amide bonds. The summed E-state index contributed by atoms with van der Waals surface area (Å²) < 4.78 is 11.9. The van der Waals surface area contributed by atoms with Crippen LogP contribution in [-0.4, -0.2) is 11.8 Å². The van der Waals surface area contributed by atoms with Gasteiger partial charge in [0.1, 0.15) is 10.1 Å². The van der Waals surface area contributed by atoms with E-state index in [1.807, 2.05) is 19.1 Å². The zero-order valence-electron chi connectivity index (χ0n) is 10.3. The van der Waals surface area contributed by atoms with Crippen molar-refractivity contribution in [1.82, 2.24) is 4.98 Å². The van der Waals surface area contributed by atoms with Crippen LogP contribution in [0.5, 0.6) is 5.75 Å². The van der Waals surface area contributed by atoms with E-state index >= 15 is 0 Å². The molecule has 2 heterocycles. The Hall–Kier alpha value is -0.750. The third kappa shape index (κ3) is 3.05. The largest absolute Gasteiger partial charge is 0.467 e. The van der Waals surface area contributed by atoms with Crippen molar-refractivity contribution in [1.29, 1.82) is 0 Å². The number of thioether (sulfide) groups is 1. The lowest BCUT2D eigenvalue weighted by molar-refractivity contribution is -0.0168. The fourth-order valence-corrected chi connectivity index (χ4v) is 3.98. The number of aromatic nitrogens is 1. The van der Waals surface area contributed by atoms with Crippen molar-refractivity contribution in [2.75, 3.05) is 6.79 Å². The molecule has 0 fully saturated rings. The monoisotopic (exact) mass is 313 g/mol.